The molecule has 0 heterocycles. The van der Waals surface area contributed by atoms with E-state index < -0.39 is 38.0 Å². The summed E-state index contributed by atoms with van der Waals surface area (Å²) < 4.78 is 10.2. The van der Waals surface area contributed by atoms with Crippen molar-refractivity contribution in [3.05, 3.63) is 71.8 Å². The minimum Gasteiger partial charge on any atom is -0.459 e. The average molecular weight is 459 g/mol. The van der Waals surface area contributed by atoms with Crippen LogP contribution in [0.2, 0.25) is 12.6 Å². The molecule has 0 aliphatic heterocycles. The molecule has 8 nitrogen and oxygen atoms in total. The predicted molar refractivity (Wildman–Crippen MR) is 117 cm³/mol. The first-order chi connectivity index (χ1) is 15.2. The second kappa shape index (κ2) is 12.0. The molecule has 0 amide bonds. The topological polar surface area (TPSA) is 127 Å². The van der Waals surface area contributed by atoms with Gasteiger partial charge >= 0.3 is 20.5 Å². The Labute approximate surface area is 187 Å². The molecule has 9 heteroatoms. The Morgan fingerprint density at radius 1 is 0.781 bits per heavy atom. The molecule has 0 saturated carbocycles. The standard InChI is InChI=1S/C23H26O8Si/c1-32(28,29)14-8-9-17(15-30-22(26)20(24)18-10-4-2-5-11-18)16-31-23(27)21(25)19-12-6-3-7-13-19/h2-7,10-13,17,28-29H,8-9,14-16H2,1H3. The van der Waals surface area contributed by atoms with E-state index in [2.05, 4.69) is 0 Å². The van der Waals surface area contributed by atoms with Crippen molar-refractivity contribution in [3.63, 3.8) is 0 Å². The van der Waals surface area contributed by atoms with Gasteiger partial charge in [0.15, 0.2) is 0 Å². The van der Waals surface area contributed by atoms with Crippen LogP contribution in [0.15, 0.2) is 60.7 Å². The number of Topliss-reactive ketones (excluding diaryl/α,β-unsaturated/α-hetero) is 2. The van der Waals surface area contributed by atoms with E-state index in [1.54, 1.807) is 36.4 Å². The molecule has 2 aromatic rings. The fourth-order valence-corrected chi connectivity index (χ4v) is 3.75. The lowest BCUT2D eigenvalue weighted by atomic mass is 10.1. The van der Waals surface area contributed by atoms with Gasteiger partial charge < -0.3 is 19.1 Å². The predicted octanol–water partition coefficient (Wildman–Crippen LogP) is 2.29. The molecule has 170 valence electrons. The highest BCUT2D eigenvalue weighted by molar-refractivity contribution is 6.63. The third-order valence-corrected chi connectivity index (χ3v) is 5.91. The van der Waals surface area contributed by atoms with Gasteiger partial charge in [0, 0.05) is 17.0 Å². The molecule has 2 N–H and O–H groups in total. The highest BCUT2D eigenvalue weighted by atomic mass is 28.4. The van der Waals surface area contributed by atoms with Crippen molar-refractivity contribution >= 4 is 32.1 Å². The minimum absolute atomic E-state index is 0.178. The van der Waals surface area contributed by atoms with Crippen LogP contribution in [0.4, 0.5) is 0 Å². The first-order valence-electron chi connectivity index (χ1n) is 10.1. The van der Waals surface area contributed by atoms with Gasteiger partial charge in [-0.1, -0.05) is 67.1 Å². The molecule has 2 rings (SSSR count). The number of carbonyl (C=O) groups excluding carboxylic acids is 4. The second-order valence-electron chi connectivity index (χ2n) is 7.56. The molecular weight excluding hydrogens is 432 g/mol. The lowest BCUT2D eigenvalue weighted by Crippen LogP contribution is -2.30. The lowest BCUT2D eigenvalue weighted by molar-refractivity contribution is -0.143. The van der Waals surface area contributed by atoms with E-state index in [0.29, 0.717) is 12.8 Å². The number of rotatable bonds is 12. The van der Waals surface area contributed by atoms with E-state index in [-0.39, 0.29) is 30.4 Å². The van der Waals surface area contributed by atoms with Crippen LogP contribution in [0.25, 0.3) is 0 Å². The number of hydrogen-bond acceptors (Lipinski definition) is 8. The van der Waals surface area contributed by atoms with Gasteiger partial charge in [-0.2, -0.15) is 0 Å². The molecule has 2 aromatic carbocycles. The highest BCUT2D eigenvalue weighted by Gasteiger charge is 2.25. The summed E-state index contributed by atoms with van der Waals surface area (Å²) in [6.45, 7) is 0.928. The molecule has 0 radical (unpaired) electrons. The monoisotopic (exact) mass is 458 g/mol. The molecule has 0 aliphatic carbocycles. The second-order valence-corrected chi connectivity index (χ2v) is 10.5. The molecular formula is C23H26O8Si. The van der Waals surface area contributed by atoms with Gasteiger partial charge in [0.1, 0.15) is 0 Å². The quantitative estimate of drug-likeness (QED) is 0.215. The van der Waals surface area contributed by atoms with Crippen molar-refractivity contribution in [3.8, 4) is 0 Å². The summed E-state index contributed by atoms with van der Waals surface area (Å²) in [5, 5.41) is 0. The average Bonchev–Trinajstić information content (AvgIpc) is 2.79. The summed E-state index contributed by atoms with van der Waals surface area (Å²) in [5.74, 6) is -4.21. The Balaban J connectivity index is 1.94. The third kappa shape index (κ3) is 8.54. The molecule has 0 unspecified atom stereocenters. The third-order valence-electron chi connectivity index (χ3n) is 4.61. The number of benzene rings is 2. The number of esters is 2. The van der Waals surface area contributed by atoms with Crippen LogP contribution in [0.3, 0.4) is 0 Å². The molecule has 0 aromatic heterocycles. The fraction of sp³-hybridized carbons (Fsp3) is 0.304. The summed E-state index contributed by atoms with van der Waals surface area (Å²) in [6, 6.07) is 16.1. The largest absolute Gasteiger partial charge is 0.459 e. The summed E-state index contributed by atoms with van der Waals surface area (Å²) >= 11 is 0. The Bertz CT molecular complexity index is 855. The number of hydrogen-bond donors (Lipinski definition) is 2. The van der Waals surface area contributed by atoms with Crippen LogP contribution in [0.1, 0.15) is 33.6 Å². The van der Waals surface area contributed by atoms with Crippen LogP contribution in [-0.2, 0) is 19.1 Å². The first kappa shape index (κ1) is 25.1. The maximum Gasteiger partial charge on any atom is 0.379 e. The van der Waals surface area contributed by atoms with Crippen molar-refractivity contribution in [2.45, 2.75) is 25.4 Å². The van der Waals surface area contributed by atoms with Gasteiger partial charge in [-0.25, -0.2) is 9.59 Å². The smallest absolute Gasteiger partial charge is 0.379 e. The minimum atomic E-state index is -3.26. The van der Waals surface area contributed by atoms with E-state index >= 15 is 0 Å². The number of ether oxygens (including phenoxy) is 2. The van der Waals surface area contributed by atoms with Crippen molar-refractivity contribution in [2.24, 2.45) is 5.92 Å². The van der Waals surface area contributed by atoms with Crippen molar-refractivity contribution < 1.29 is 38.2 Å². The van der Waals surface area contributed by atoms with Gasteiger partial charge in [-0.05, 0) is 19.0 Å². The number of carbonyl (C=O) groups is 4. The molecule has 0 aliphatic rings. The Morgan fingerprint density at radius 2 is 1.19 bits per heavy atom. The normalized spacial score (nSPS) is 11.1. The summed E-state index contributed by atoms with van der Waals surface area (Å²) in [4.78, 5) is 67.7. The maximum absolute atomic E-state index is 12.1. The van der Waals surface area contributed by atoms with Gasteiger partial charge in [-0.15, -0.1) is 0 Å². The van der Waals surface area contributed by atoms with Gasteiger partial charge in [0.05, 0.1) is 13.2 Å². The molecule has 32 heavy (non-hydrogen) atoms. The van der Waals surface area contributed by atoms with Crippen molar-refractivity contribution in [1.29, 1.82) is 0 Å². The summed E-state index contributed by atoms with van der Waals surface area (Å²) in [5.41, 5.74) is 0.382. The van der Waals surface area contributed by atoms with Crippen LogP contribution >= 0.6 is 0 Å². The van der Waals surface area contributed by atoms with Gasteiger partial charge in [0.2, 0.25) is 0 Å². The lowest BCUT2D eigenvalue weighted by Gasteiger charge is -2.18. The SMILES string of the molecule is C[Si](O)(O)CCCC(COC(=O)C(=O)c1ccccc1)COC(=O)C(=O)c1ccccc1. The Kier molecular flexibility index (Phi) is 9.45. The zero-order valence-electron chi connectivity index (χ0n) is 17.7. The number of ketones is 2. The zero-order valence-corrected chi connectivity index (χ0v) is 18.7. The van der Waals surface area contributed by atoms with E-state index in [4.69, 9.17) is 9.47 Å². The van der Waals surface area contributed by atoms with Crippen molar-refractivity contribution in [2.75, 3.05) is 13.2 Å². The van der Waals surface area contributed by atoms with E-state index in [1.165, 1.54) is 30.8 Å². The van der Waals surface area contributed by atoms with Crippen LogP contribution in [0.5, 0.6) is 0 Å². The van der Waals surface area contributed by atoms with Crippen LogP contribution in [0, 0.1) is 5.92 Å². The van der Waals surface area contributed by atoms with E-state index in [9.17, 15) is 28.8 Å². The maximum atomic E-state index is 12.1. The van der Waals surface area contributed by atoms with Gasteiger partial charge in [0.25, 0.3) is 11.6 Å². The van der Waals surface area contributed by atoms with Crippen LogP contribution < -0.4 is 0 Å². The van der Waals surface area contributed by atoms with Crippen molar-refractivity contribution in [1.82, 2.24) is 0 Å². The van der Waals surface area contributed by atoms with Crippen LogP contribution in [-0.4, -0.2) is 54.9 Å². The fourth-order valence-electron chi connectivity index (χ4n) is 2.87. The highest BCUT2D eigenvalue weighted by Crippen LogP contribution is 2.16. The summed E-state index contributed by atoms with van der Waals surface area (Å²) in [7, 11) is -3.26. The first-order valence-corrected chi connectivity index (χ1v) is 12.8. The Morgan fingerprint density at radius 3 is 1.56 bits per heavy atom. The van der Waals surface area contributed by atoms with Gasteiger partial charge in [-0.3, -0.25) is 9.59 Å². The molecule has 0 atom stereocenters. The molecule has 0 spiro atoms. The molecule has 0 fully saturated rings. The molecule has 0 saturated heterocycles. The Hall–Kier alpha value is -3.14. The van der Waals surface area contributed by atoms with E-state index in [0.717, 1.165) is 0 Å². The van der Waals surface area contributed by atoms with E-state index in [1.807, 2.05) is 0 Å². The summed E-state index contributed by atoms with van der Waals surface area (Å²) in [6.07, 6.45) is 0.720. The zero-order chi connectivity index (χ0) is 23.6. The molecule has 0 bridgehead atoms.